The largest absolute Gasteiger partial charge is 0.484 e. The molecule has 0 aliphatic carbocycles. The summed E-state index contributed by atoms with van der Waals surface area (Å²) < 4.78 is 7.34. The summed E-state index contributed by atoms with van der Waals surface area (Å²) >= 11 is 3.18. The van der Waals surface area contributed by atoms with E-state index in [1.165, 1.54) is 0 Å². The molecular weight excluding hydrogens is 380 g/mol. The third-order valence-corrected chi connectivity index (χ3v) is 5.72. The van der Waals surface area contributed by atoms with Crippen molar-refractivity contribution in [3.8, 4) is 16.5 Å². The Bertz CT molecular complexity index is 1040. The number of carbonyl (C=O) groups excluding carboxylic acids is 1. The number of nitrogens with zero attached hydrogens (tertiary/aromatic N) is 3. The van der Waals surface area contributed by atoms with E-state index >= 15 is 0 Å². The standard InChI is InChI=1S/C19H18N4O2S2/c1-13-4-6-15(7-5-13)25-11-17(24)20-9-8-14-12-27-19-21-18(22-23(14)19)16-3-2-10-26-16/h2-7,10,12H,8-9,11H2,1H3,(H,20,24). The molecule has 4 aromatic rings. The number of benzene rings is 1. The number of thiazole rings is 1. The van der Waals surface area contributed by atoms with Gasteiger partial charge in [-0.05, 0) is 30.5 Å². The van der Waals surface area contributed by atoms with Crippen molar-refractivity contribution in [1.82, 2.24) is 19.9 Å². The second-order valence-corrected chi connectivity index (χ2v) is 7.82. The Labute approximate surface area is 164 Å². The maximum absolute atomic E-state index is 12.0. The van der Waals surface area contributed by atoms with Crippen molar-refractivity contribution >= 4 is 33.5 Å². The van der Waals surface area contributed by atoms with Crippen molar-refractivity contribution < 1.29 is 9.53 Å². The van der Waals surface area contributed by atoms with Gasteiger partial charge in [0, 0.05) is 18.3 Å². The van der Waals surface area contributed by atoms with Crippen molar-refractivity contribution in [1.29, 1.82) is 0 Å². The molecule has 27 heavy (non-hydrogen) atoms. The average Bonchev–Trinajstić information content (AvgIpc) is 3.39. The summed E-state index contributed by atoms with van der Waals surface area (Å²) in [7, 11) is 0. The highest BCUT2D eigenvalue weighted by atomic mass is 32.1. The van der Waals surface area contributed by atoms with Gasteiger partial charge in [-0.2, -0.15) is 4.98 Å². The van der Waals surface area contributed by atoms with E-state index in [0.717, 1.165) is 26.9 Å². The van der Waals surface area contributed by atoms with E-state index in [1.54, 1.807) is 22.7 Å². The van der Waals surface area contributed by atoms with Crippen molar-refractivity contribution in [3.05, 3.63) is 58.4 Å². The van der Waals surface area contributed by atoms with E-state index in [9.17, 15) is 4.79 Å². The van der Waals surface area contributed by atoms with Gasteiger partial charge in [-0.15, -0.1) is 27.8 Å². The topological polar surface area (TPSA) is 68.5 Å². The van der Waals surface area contributed by atoms with Gasteiger partial charge in [0.05, 0.1) is 10.6 Å². The van der Waals surface area contributed by atoms with Gasteiger partial charge in [0.15, 0.2) is 12.4 Å². The van der Waals surface area contributed by atoms with Crippen LogP contribution in [0.2, 0.25) is 0 Å². The van der Waals surface area contributed by atoms with Crippen LogP contribution in [-0.4, -0.2) is 33.7 Å². The van der Waals surface area contributed by atoms with Crippen LogP contribution < -0.4 is 10.1 Å². The van der Waals surface area contributed by atoms with Crippen molar-refractivity contribution in [2.45, 2.75) is 13.3 Å². The molecular formula is C19H18N4O2S2. The van der Waals surface area contributed by atoms with Crippen LogP contribution in [0.3, 0.4) is 0 Å². The summed E-state index contributed by atoms with van der Waals surface area (Å²) in [4.78, 5) is 18.4. The Balaban J connectivity index is 1.29. The predicted octanol–water partition coefficient (Wildman–Crippen LogP) is 3.57. The van der Waals surface area contributed by atoms with Crippen LogP contribution in [0.1, 0.15) is 11.3 Å². The summed E-state index contributed by atoms with van der Waals surface area (Å²) in [6.07, 6.45) is 0.684. The number of fused-ring (bicyclic) bond motifs is 1. The molecule has 8 heteroatoms. The van der Waals surface area contributed by atoms with Gasteiger partial charge in [-0.25, -0.2) is 4.52 Å². The summed E-state index contributed by atoms with van der Waals surface area (Å²) in [5.74, 6) is 1.30. The fraction of sp³-hybridized carbons (Fsp3) is 0.211. The lowest BCUT2D eigenvalue weighted by atomic mass is 10.2. The molecule has 0 saturated carbocycles. The zero-order chi connectivity index (χ0) is 18.6. The molecule has 0 radical (unpaired) electrons. The highest BCUT2D eigenvalue weighted by Gasteiger charge is 2.12. The third kappa shape index (κ3) is 4.17. The maximum Gasteiger partial charge on any atom is 0.257 e. The van der Waals surface area contributed by atoms with Crippen molar-refractivity contribution in [2.75, 3.05) is 13.2 Å². The van der Waals surface area contributed by atoms with E-state index in [4.69, 9.17) is 4.74 Å². The molecule has 3 heterocycles. The first-order valence-corrected chi connectivity index (χ1v) is 10.3. The van der Waals surface area contributed by atoms with E-state index in [2.05, 4.69) is 15.4 Å². The molecule has 0 bridgehead atoms. The molecule has 0 spiro atoms. The predicted molar refractivity (Wildman–Crippen MR) is 108 cm³/mol. The first kappa shape index (κ1) is 17.7. The number of ether oxygens (including phenoxy) is 1. The van der Waals surface area contributed by atoms with Gasteiger partial charge < -0.3 is 10.1 Å². The summed E-state index contributed by atoms with van der Waals surface area (Å²) in [5.41, 5.74) is 2.19. The molecule has 1 aromatic carbocycles. The number of amides is 1. The van der Waals surface area contributed by atoms with Crippen LogP contribution >= 0.6 is 22.7 Å². The summed E-state index contributed by atoms with van der Waals surface area (Å²) in [6, 6.07) is 11.6. The lowest BCUT2D eigenvalue weighted by molar-refractivity contribution is -0.123. The lowest BCUT2D eigenvalue weighted by Gasteiger charge is -2.07. The van der Waals surface area contributed by atoms with Gasteiger partial charge in [0.25, 0.3) is 5.91 Å². The number of carbonyl (C=O) groups is 1. The number of hydrogen-bond donors (Lipinski definition) is 1. The second-order valence-electron chi connectivity index (χ2n) is 6.04. The van der Waals surface area contributed by atoms with Gasteiger partial charge in [0.2, 0.25) is 4.96 Å². The number of thiophene rings is 1. The number of nitrogens with one attached hydrogen (secondary N) is 1. The highest BCUT2D eigenvalue weighted by Crippen LogP contribution is 2.24. The first-order valence-electron chi connectivity index (χ1n) is 8.52. The van der Waals surface area contributed by atoms with Crippen LogP contribution in [-0.2, 0) is 11.2 Å². The fourth-order valence-corrected chi connectivity index (χ4v) is 4.08. The van der Waals surface area contributed by atoms with Crippen molar-refractivity contribution in [3.63, 3.8) is 0 Å². The number of aryl methyl sites for hydroxylation is 1. The quantitative estimate of drug-likeness (QED) is 0.517. The van der Waals surface area contributed by atoms with Crippen LogP contribution in [0.4, 0.5) is 0 Å². The van der Waals surface area contributed by atoms with Crippen LogP contribution in [0.15, 0.2) is 47.2 Å². The SMILES string of the molecule is Cc1ccc(OCC(=O)NCCc2csc3nc(-c4cccs4)nn23)cc1. The Kier molecular flexibility index (Phi) is 5.17. The smallest absolute Gasteiger partial charge is 0.257 e. The summed E-state index contributed by atoms with van der Waals surface area (Å²) in [5, 5.41) is 11.5. The molecule has 3 aromatic heterocycles. The van der Waals surface area contributed by atoms with Gasteiger partial charge >= 0.3 is 0 Å². The lowest BCUT2D eigenvalue weighted by Crippen LogP contribution is -2.30. The molecule has 0 aliphatic rings. The number of rotatable bonds is 7. The maximum atomic E-state index is 12.0. The molecule has 0 unspecified atom stereocenters. The molecule has 0 aliphatic heterocycles. The van der Waals surface area contributed by atoms with Gasteiger partial charge in [-0.3, -0.25) is 4.79 Å². The first-order chi connectivity index (χ1) is 13.2. The normalized spacial score (nSPS) is 11.0. The van der Waals surface area contributed by atoms with Crippen LogP contribution in [0.25, 0.3) is 15.7 Å². The average molecular weight is 399 g/mol. The zero-order valence-electron chi connectivity index (χ0n) is 14.7. The Morgan fingerprint density at radius 1 is 1.22 bits per heavy atom. The Morgan fingerprint density at radius 2 is 2.07 bits per heavy atom. The minimum atomic E-state index is -0.139. The monoisotopic (exact) mass is 398 g/mol. The second kappa shape index (κ2) is 7.89. The molecule has 0 saturated heterocycles. The summed E-state index contributed by atoms with van der Waals surface area (Å²) in [6.45, 7) is 2.54. The van der Waals surface area contributed by atoms with E-state index < -0.39 is 0 Å². The number of hydrogen-bond acceptors (Lipinski definition) is 6. The Morgan fingerprint density at radius 3 is 2.85 bits per heavy atom. The highest BCUT2D eigenvalue weighted by molar-refractivity contribution is 7.15. The van der Waals surface area contributed by atoms with E-state index in [1.807, 2.05) is 58.6 Å². The molecule has 0 atom stereocenters. The van der Waals surface area contributed by atoms with Crippen molar-refractivity contribution in [2.24, 2.45) is 0 Å². The molecule has 138 valence electrons. The minimum Gasteiger partial charge on any atom is -0.484 e. The van der Waals surface area contributed by atoms with E-state index in [0.29, 0.717) is 18.7 Å². The molecule has 1 N–H and O–H groups in total. The molecule has 1 amide bonds. The fourth-order valence-electron chi connectivity index (χ4n) is 2.57. The van der Waals surface area contributed by atoms with Gasteiger partial charge in [-0.1, -0.05) is 23.8 Å². The zero-order valence-corrected chi connectivity index (χ0v) is 16.3. The van der Waals surface area contributed by atoms with Gasteiger partial charge in [0.1, 0.15) is 5.75 Å². The van der Waals surface area contributed by atoms with E-state index in [-0.39, 0.29) is 12.5 Å². The third-order valence-electron chi connectivity index (χ3n) is 3.99. The Hall–Kier alpha value is -2.71. The molecule has 4 rings (SSSR count). The minimum absolute atomic E-state index is 0.00790. The molecule has 6 nitrogen and oxygen atoms in total. The molecule has 0 fully saturated rings. The van der Waals surface area contributed by atoms with Crippen LogP contribution in [0, 0.1) is 6.92 Å². The number of aromatic nitrogens is 3. The van der Waals surface area contributed by atoms with Crippen LogP contribution in [0.5, 0.6) is 5.75 Å².